The van der Waals surface area contributed by atoms with Gasteiger partial charge < -0.3 is 39.2 Å². The molecule has 0 atom stereocenters. The van der Waals surface area contributed by atoms with Crippen LogP contribution in [0.4, 0.5) is 0 Å². The predicted octanol–water partition coefficient (Wildman–Crippen LogP) is 1.39. The van der Waals surface area contributed by atoms with Gasteiger partial charge in [-0.05, 0) is 30.5 Å². The first-order valence-corrected chi connectivity index (χ1v) is 12.9. The Hall–Kier alpha value is -1.73. The van der Waals surface area contributed by atoms with Gasteiger partial charge in [-0.2, -0.15) is 0 Å². The highest BCUT2D eigenvalue weighted by molar-refractivity contribution is 8.00. The standard InChI is InChI=1S/C25H41NO9S/c1-25(2,22-15-20(17-27)14-21(16-22)18-28)36-19-23(29)26-5-7-33-9-11-35-13-12-34-10-8-32-6-4-24(30)31-3/h14-16,27-28H,4-13,17-19H2,1-3H3,(H,26,29). The van der Waals surface area contributed by atoms with Crippen LogP contribution < -0.4 is 5.32 Å². The van der Waals surface area contributed by atoms with Crippen molar-refractivity contribution in [3.8, 4) is 0 Å². The Labute approximate surface area is 218 Å². The summed E-state index contributed by atoms with van der Waals surface area (Å²) >= 11 is 1.49. The molecule has 3 N–H and O–H groups in total. The van der Waals surface area contributed by atoms with Crippen LogP contribution in [-0.2, 0) is 51.2 Å². The molecule has 0 saturated heterocycles. The maximum atomic E-state index is 12.2. The molecule has 0 aliphatic heterocycles. The number of aliphatic hydroxyl groups excluding tert-OH is 2. The van der Waals surface area contributed by atoms with Crippen molar-refractivity contribution < 1.29 is 43.5 Å². The van der Waals surface area contributed by atoms with Crippen molar-refractivity contribution in [1.82, 2.24) is 5.32 Å². The van der Waals surface area contributed by atoms with Crippen molar-refractivity contribution in [2.45, 2.75) is 38.2 Å². The van der Waals surface area contributed by atoms with Crippen molar-refractivity contribution in [3.05, 3.63) is 34.9 Å². The van der Waals surface area contributed by atoms with E-state index in [1.807, 2.05) is 26.0 Å². The minimum absolute atomic E-state index is 0.0833. The first-order chi connectivity index (χ1) is 17.3. The Kier molecular flexibility index (Phi) is 17.4. The molecule has 0 fully saturated rings. The number of thioether (sulfide) groups is 1. The molecule has 10 nitrogen and oxygen atoms in total. The molecule has 0 saturated carbocycles. The first kappa shape index (κ1) is 32.3. The Morgan fingerprint density at radius 1 is 0.833 bits per heavy atom. The monoisotopic (exact) mass is 531 g/mol. The number of amides is 1. The highest BCUT2D eigenvalue weighted by atomic mass is 32.2. The van der Waals surface area contributed by atoms with Gasteiger partial charge in [0.1, 0.15) is 0 Å². The van der Waals surface area contributed by atoms with Crippen LogP contribution in [0.5, 0.6) is 0 Å². The number of hydrogen-bond donors (Lipinski definition) is 3. The van der Waals surface area contributed by atoms with E-state index in [1.54, 1.807) is 6.07 Å². The molecule has 1 amide bonds. The molecule has 0 bridgehead atoms. The summed E-state index contributed by atoms with van der Waals surface area (Å²) in [6.45, 7) is 7.50. The number of aliphatic hydroxyl groups is 2. The predicted molar refractivity (Wildman–Crippen MR) is 137 cm³/mol. The van der Waals surface area contributed by atoms with Gasteiger partial charge >= 0.3 is 5.97 Å². The average molecular weight is 532 g/mol. The number of carbonyl (C=O) groups excluding carboxylic acids is 2. The molecule has 1 aromatic carbocycles. The third-order valence-corrected chi connectivity index (χ3v) is 6.40. The molecule has 0 radical (unpaired) electrons. The van der Waals surface area contributed by atoms with Gasteiger partial charge in [0.05, 0.1) is 85.4 Å². The van der Waals surface area contributed by atoms with E-state index in [9.17, 15) is 19.8 Å². The van der Waals surface area contributed by atoms with E-state index in [2.05, 4.69) is 10.1 Å². The number of ether oxygens (including phenoxy) is 5. The summed E-state index contributed by atoms with van der Waals surface area (Å²) in [5.41, 5.74) is 2.43. The molecule has 206 valence electrons. The zero-order chi connectivity index (χ0) is 26.7. The fourth-order valence-corrected chi connectivity index (χ4v) is 3.83. The van der Waals surface area contributed by atoms with Gasteiger partial charge in [0.15, 0.2) is 0 Å². The summed E-state index contributed by atoms with van der Waals surface area (Å²) in [5.74, 6) is -0.0996. The van der Waals surface area contributed by atoms with Gasteiger partial charge in [-0.1, -0.05) is 18.2 Å². The van der Waals surface area contributed by atoms with E-state index in [0.717, 1.165) is 16.7 Å². The first-order valence-electron chi connectivity index (χ1n) is 12.0. The lowest BCUT2D eigenvalue weighted by molar-refractivity contribution is -0.142. The lowest BCUT2D eigenvalue weighted by Gasteiger charge is -2.25. The lowest BCUT2D eigenvalue weighted by atomic mass is 9.97. The molecule has 0 aliphatic rings. The van der Waals surface area contributed by atoms with Crippen LogP contribution in [0, 0.1) is 0 Å². The number of hydrogen-bond acceptors (Lipinski definition) is 10. The Balaban J connectivity index is 2.02. The number of methoxy groups -OCH3 is 1. The summed E-state index contributed by atoms with van der Waals surface area (Å²) in [6, 6.07) is 5.57. The largest absolute Gasteiger partial charge is 0.469 e. The normalized spacial score (nSPS) is 11.5. The topological polar surface area (TPSA) is 133 Å². The summed E-state index contributed by atoms with van der Waals surface area (Å²) in [4.78, 5) is 23.1. The summed E-state index contributed by atoms with van der Waals surface area (Å²) in [5, 5.41) is 21.7. The van der Waals surface area contributed by atoms with E-state index >= 15 is 0 Å². The van der Waals surface area contributed by atoms with Gasteiger partial charge in [0.25, 0.3) is 0 Å². The quantitative estimate of drug-likeness (QED) is 0.158. The maximum absolute atomic E-state index is 12.2. The number of benzene rings is 1. The zero-order valence-corrected chi connectivity index (χ0v) is 22.4. The molecule has 1 aromatic rings. The van der Waals surface area contributed by atoms with Crippen LogP contribution in [0.2, 0.25) is 0 Å². The van der Waals surface area contributed by atoms with Crippen molar-refractivity contribution in [1.29, 1.82) is 0 Å². The molecule has 0 unspecified atom stereocenters. The molecular weight excluding hydrogens is 490 g/mol. The van der Waals surface area contributed by atoms with E-state index in [0.29, 0.717) is 59.4 Å². The van der Waals surface area contributed by atoms with Crippen molar-refractivity contribution >= 4 is 23.6 Å². The smallest absolute Gasteiger partial charge is 0.307 e. The van der Waals surface area contributed by atoms with Crippen LogP contribution in [-0.4, -0.2) is 94.4 Å². The molecule has 1 rings (SSSR count). The number of rotatable bonds is 21. The Morgan fingerprint density at radius 2 is 1.33 bits per heavy atom. The van der Waals surface area contributed by atoms with Gasteiger partial charge in [0, 0.05) is 11.3 Å². The lowest BCUT2D eigenvalue weighted by Crippen LogP contribution is -2.30. The minimum atomic E-state index is -0.360. The average Bonchev–Trinajstić information content (AvgIpc) is 2.89. The zero-order valence-electron chi connectivity index (χ0n) is 21.6. The van der Waals surface area contributed by atoms with Crippen molar-refractivity contribution in [2.24, 2.45) is 0 Å². The van der Waals surface area contributed by atoms with E-state index in [-0.39, 0.29) is 42.0 Å². The SMILES string of the molecule is COC(=O)CCOCCOCCOCCOCCNC(=O)CSC(C)(C)c1cc(CO)cc(CO)c1. The Morgan fingerprint density at radius 3 is 1.83 bits per heavy atom. The number of esters is 1. The van der Waals surface area contributed by atoms with Gasteiger partial charge in [-0.25, -0.2) is 0 Å². The van der Waals surface area contributed by atoms with Crippen LogP contribution in [0.25, 0.3) is 0 Å². The minimum Gasteiger partial charge on any atom is -0.469 e. The van der Waals surface area contributed by atoms with Crippen molar-refractivity contribution in [2.75, 3.05) is 72.3 Å². The highest BCUT2D eigenvalue weighted by Gasteiger charge is 2.23. The summed E-state index contributed by atoms with van der Waals surface area (Å²) in [7, 11) is 1.34. The second kappa shape index (κ2) is 19.4. The summed E-state index contributed by atoms with van der Waals surface area (Å²) in [6.07, 6.45) is 0.230. The molecule has 36 heavy (non-hydrogen) atoms. The fraction of sp³-hybridized carbons (Fsp3) is 0.680. The number of nitrogens with one attached hydrogen (secondary N) is 1. The molecule has 11 heteroatoms. The van der Waals surface area contributed by atoms with E-state index in [1.165, 1.54) is 18.9 Å². The summed E-state index contributed by atoms with van der Waals surface area (Å²) < 4.78 is 25.6. The van der Waals surface area contributed by atoms with Gasteiger partial charge in [-0.3, -0.25) is 9.59 Å². The van der Waals surface area contributed by atoms with Crippen LogP contribution in [0.1, 0.15) is 37.0 Å². The van der Waals surface area contributed by atoms with Crippen molar-refractivity contribution in [3.63, 3.8) is 0 Å². The van der Waals surface area contributed by atoms with Crippen LogP contribution in [0.15, 0.2) is 18.2 Å². The number of carbonyl (C=O) groups is 2. The van der Waals surface area contributed by atoms with Crippen LogP contribution in [0.3, 0.4) is 0 Å². The highest BCUT2D eigenvalue weighted by Crippen LogP contribution is 2.36. The van der Waals surface area contributed by atoms with E-state index < -0.39 is 0 Å². The molecule has 0 aromatic heterocycles. The second-order valence-electron chi connectivity index (χ2n) is 8.28. The maximum Gasteiger partial charge on any atom is 0.307 e. The molecule has 0 spiro atoms. The third kappa shape index (κ3) is 14.7. The van der Waals surface area contributed by atoms with Gasteiger partial charge in [-0.15, -0.1) is 11.8 Å². The third-order valence-electron chi connectivity index (χ3n) is 5.04. The van der Waals surface area contributed by atoms with E-state index in [4.69, 9.17) is 18.9 Å². The fourth-order valence-electron chi connectivity index (χ4n) is 2.96. The van der Waals surface area contributed by atoms with Gasteiger partial charge in [0.2, 0.25) is 5.91 Å². The molecule has 0 aliphatic carbocycles. The molecular formula is C25H41NO9S. The Bertz CT molecular complexity index is 739. The second-order valence-corrected chi connectivity index (χ2v) is 9.88. The van der Waals surface area contributed by atoms with Crippen LogP contribution >= 0.6 is 11.8 Å². The molecule has 0 heterocycles.